The maximum Gasteiger partial charge on any atom is 0.374 e. The molecular weight excluding hydrogens is 308 g/mol. The second-order valence-corrected chi connectivity index (χ2v) is 7.01. The minimum absolute atomic E-state index is 0.187. The van der Waals surface area contributed by atoms with Crippen LogP contribution in [0.5, 0.6) is 0 Å². The molecule has 3 rings (SSSR count). The molecule has 1 amide bonds. The third-order valence-electron chi connectivity index (χ3n) is 3.74. The van der Waals surface area contributed by atoms with Gasteiger partial charge in [-0.2, -0.15) is 5.32 Å². The zero-order chi connectivity index (χ0) is 16.2. The van der Waals surface area contributed by atoms with Gasteiger partial charge < -0.3 is 5.32 Å². The van der Waals surface area contributed by atoms with Gasteiger partial charge in [0.2, 0.25) is 5.84 Å². The molecule has 5 nitrogen and oxygen atoms in total. The van der Waals surface area contributed by atoms with Crippen molar-refractivity contribution >= 4 is 28.2 Å². The summed E-state index contributed by atoms with van der Waals surface area (Å²) in [5.41, 5.74) is 2.62. The van der Waals surface area contributed by atoms with Crippen LogP contribution in [0.15, 0.2) is 35.5 Å². The SMILES string of the molecule is CC(C)c1ccc(Cc2c[nH+]c(NC(=O)C3=NCCN3)s2)cc1. The number of thiazole rings is 1. The number of aliphatic imine (C=N–C) groups is 1. The number of aromatic nitrogens is 1. The highest BCUT2D eigenvalue weighted by Crippen LogP contribution is 2.20. The summed E-state index contributed by atoms with van der Waals surface area (Å²) in [6, 6.07) is 8.71. The molecular formula is C17H21N4OS+. The molecule has 0 saturated heterocycles. The smallest absolute Gasteiger partial charge is 0.362 e. The van der Waals surface area contributed by atoms with E-state index in [9.17, 15) is 4.79 Å². The predicted octanol–water partition coefficient (Wildman–Crippen LogP) is 2.22. The Morgan fingerprint density at radius 1 is 1.39 bits per heavy atom. The van der Waals surface area contributed by atoms with Gasteiger partial charge in [-0.05, 0) is 17.0 Å². The molecule has 1 aromatic carbocycles. The molecule has 1 aliphatic heterocycles. The third-order valence-corrected chi connectivity index (χ3v) is 4.69. The second-order valence-electron chi connectivity index (χ2n) is 5.87. The van der Waals surface area contributed by atoms with E-state index in [0.29, 0.717) is 18.3 Å². The zero-order valence-electron chi connectivity index (χ0n) is 13.3. The van der Waals surface area contributed by atoms with Crippen LogP contribution in [0.2, 0.25) is 0 Å². The van der Waals surface area contributed by atoms with Crippen molar-refractivity contribution in [2.24, 2.45) is 4.99 Å². The molecule has 120 valence electrons. The van der Waals surface area contributed by atoms with E-state index in [1.54, 1.807) is 11.3 Å². The molecule has 0 saturated carbocycles. The standard InChI is InChI=1S/C17H20N4OS/c1-11(2)13-5-3-12(4-6-13)9-14-10-20-17(23-14)21-16(22)15-18-7-8-19-15/h3-6,10-11H,7-9H2,1-2H3,(H,18,19)(H,20,21,22)/p+1. The van der Waals surface area contributed by atoms with Crippen molar-refractivity contribution in [1.29, 1.82) is 0 Å². The van der Waals surface area contributed by atoms with E-state index in [1.165, 1.54) is 16.0 Å². The molecule has 0 fully saturated rings. The molecule has 0 radical (unpaired) electrons. The molecule has 0 aliphatic carbocycles. The van der Waals surface area contributed by atoms with Crippen LogP contribution in [0.25, 0.3) is 0 Å². The van der Waals surface area contributed by atoms with Crippen molar-refractivity contribution in [3.8, 4) is 0 Å². The Morgan fingerprint density at radius 2 is 2.17 bits per heavy atom. The molecule has 1 aromatic heterocycles. The number of H-pyrrole nitrogens is 1. The second kappa shape index (κ2) is 6.91. The molecule has 1 aliphatic rings. The van der Waals surface area contributed by atoms with Gasteiger partial charge in [-0.25, -0.2) is 9.78 Å². The Morgan fingerprint density at radius 3 is 2.83 bits per heavy atom. The highest BCUT2D eigenvalue weighted by molar-refractivity contribution is 7.15. The lowest BCUT2D eigenvalue weighted by molar-refractivity contribution is -0.354. The van der Waals surface area contributed by atoms with Crippen LogP contribution in [0.1, 0.15) is 35.8 Å². The number of amides is 1. The largest absolute Gasteiger partial charge is 0.374 e. The molecule has 3 N–H and O–H groups in total. The van der Waals surface area contributed by atoms with Crippen molar-refractivity contribution in [1.82, 2.24) is 5.32 Å². The lowest BCUT2D eigenvalue weighted by Gasteiger charge is -2.05. The lowest BCUT2D eigenvalue weighted by atomic mass is 10.0. The molecule has 2 aromatic rings. The number of aromatic amines is 1. The summed E-state index contributed by atoms with van der Waals surface area (Å²) < 4.78 is 0. The van der Waals surface area contributed by atoms with E-state index in [-0.39, 0.29) is 5.91 Å². The Bertz CT molecular complexity index is 718. The predicted molar refractivity (Wildman–Crippen MR) is 93.1 cm³/mol. The molecule has 6 heteroatoms. The summed E-state index contributed by atoms with van der Waals surface area (Å²) in [5, 5.41) is 6.55. The van der Waals surface area contributed by atoms with E-state index in [4.69, 9.17) is 0 Å². The summed E-state index contributed by atoms with van der Waals surface area (Å²) in [6.07, 6.45) is 2.80. The average Bonchev–Trinajstić information content (AvgIpc) is 3.19. The molecule has 0 bridgehead atoms. The van der Waals surface area contributed by atoms with E-state index in [0.717, 1.165) is 18.1 Å². The normalized spacial score (nSPS) is 13.8. The van der Waals surface area contributed by atoms with Gasteiger partial charge in [-0.3, -0.25) is 4.99 Å². The monoisotopic (exact) mass is 329 g/mol. The van der Waals surface area contributed by atoms with Gasteiger partial charge in [0.15, 0.2) is 0 Å². The number of carbonyl (C=O) groups excluding carboxylic acids is 1. The number of amidine groups is 1. The fourth-order valence-electron chi connectivity index (χ4n) is 2.42. The minimum Gasteiger partial charge on any atom is -0.362 e. The number of hydrogen-bond acceptors (Lipinski definition) is 4. The fraction of sp³-hybridized carbons (Fsp3) is 0.353. The van der Waals surface area contributed by atoms with E-state index in [1.807, 2.05) is 6.20 Å². The third kappa shape index (κ3) is 3.96. The first-order valence-electron chi connectivity index (χ1n) is 7.80. The van der Waals surface area contributed by atoms with Gasteiger partial charge in [0, 0.05) is 13.0 Å². The molecule has 23 heavy (non-hydrogen) atoms. The quantitative estimate of drug-likeness (QED) is 0.883. The van der Waals surface area contributed by atoms with Crippen molar-refractivity contribution in [2.75, 3.05) is 18.4 Å². The number of nitrogens with zero attached hydrogens (tertiary/aromatic N) is 1. The molecule has 0 spiro atoms. The van der Waals surface area contributed by atoms with Crippen LogP contribution in [0.4, 0.5) is 5.13 Å². The summed E-state index contributed by atoms with van der Waals surface area (Å²) in [7, 11) is 0. The van der Waals surface area contributed by atoms with Gasteiger partial charge in [-0.15, -0.1) is 0 Å². The van der Waals surface area contributed by atoms with Gasteiger partial charge in [-0.1, -0.05) is 49.4 Å². The van der Waals surface area contributed by atoms with Gasteiger partial charge in [0.1, 0.15) is 6.20 Å². The van der Waals surface area contributed by atoms with E-state index < -0.39 is 0 Å². The summed E-state index contributed by atoms with van der Waals surface area (Å²) >= 11 is 1.56. The highest BCUT2D eigenvalue weighted by atomic mass is 32.1. The Balaban J connectivity index is 1.61. The van der Waals surface area contributed by atoms with Gasteiger partial charge in [0.05, 0.1) is 11.4 Å². The Labute approximate surface area is 139 Å². The first-order valence-corrected chi connectivity index (χ1v) is 8.62. The highest BCUT2D eigenvalue weighted by Gasteiger charge is 2.21. The summed E-state index contributed by atoms with van der Waals surface area (Å²) in [5.74, 6) is 0.777. The van der Waals surface area contributed by atoms with Gasteiger partial charge in [0.25, 0.3) is 0 Å². The summed E-state index contributed by atoms with van der Waals surface area (Å²) in [4.78, 5) is 20.4. The van der Waals surface area contributed by atoms with E-state index in [2.05, 4.69) is 58.7 Å². The molecule has 0 unspecified atom stereocenters. The minimum atomic E-state index is -0.187. The van der Waals surface area contributed by atoms with E-state index >= 15 is 0 Å². The lowest BCUT2D eigenvalue weighted by Crippen LogP contribution is -2.33. The molecule has 2 heterocycles. The van der Waals surface area contributed by atoms with Gasteiger partial charge >= 0.3 is 11.0 Å². The van der Waals surface area contributed by atoms with Crippen molar-refractivity contribution in [3.05, 3.63) is 46.5 Å². The number of carbonyl (C=O) groups is 1. The topological polar surface area (TPSA) is 67.6 Å². The van der Waals surface area contributed by atoms with Crippen LogP contribution >= 0.6 is 11.3 Å². The van der Waals surface area contributed by atoms with Crippen molar-refractivity contribution < 1.29 is 9.78 Å². The number of rotatable bonds is 5. The average molecular weight is 329 g/mol. The first kappa shape index (κ1) is 15.7. The Hall–Kier alpha value is -2.21. The van der Waals surface area contributed by atoms with Crippen LogP contribution in [-0.4, -0.2) is 24.8 Å². The maximum atomic E-state index is 12.0. The van der Waals surface area contributed by atoms with Crippen LogP contribution in [0.3, 0.4) is 0 Å². The summed E-state index contributed by atoms with van der Waals surface area (Å²) in [6.45, 7) is 5.78. The van der Waals surface area contributed by atoms with Crippen LogP contribution in [-0.2, 0) is 11.2 Å². The molecule has 0 atom stereocenters. The number of anilines is 1. The van der Waals surface area contributed by atoms with Crippen molar-refractivity contribution in [2.45, 2.75) is 26.2 Å². The number of nitrogens with one attached hydrogen (secondary N) is 3. The fourth-order valence-corrected chi connectivity index (χ4v) is 3.30. The first-order chi connectivity index (χ1) is 11.1. The van der Waals surface area contributed by atoms with Crippen molar-refractivity contribution in [3.63, 3.8) is 0 Å². The maximum absolute atomic E-state index is 12.0. The number of hydrogen-bond donors (Lipinski definition) is 2. The van der Waals surface area contributed by atoms with Crippen LogP contribution in [0, 0.1) is 0 Å². The zero-order valence-corrected chi connectivity index (χ0v) is 14.2. The Kier molecular flexibility index (Phi) is 4.71. The number of benzene rings is 1. The van der Waals surface area contributed by atoms with Crippen LogP contribution < -0.4 is 15.6 Å².